The van der Waals surface area contributed by atoms with E-state index in [9.17, 15) is 4.79 Å². The third-order valence-electron chi connectivity index (χ3n) is 2.81. The molecule has 6 heteroatoms. The van der Waals surface area contributed by atoms with Crippen molar-refractivity contribution in [3.63, 3.8) is 0 Å². The number of hydrogen-bond acceptors (Lipinski definition) is 5. The highest BCUT2D eigenvalue weighted by Gasteiger charge is 2.18. The number of ether oxygens (including phenoxy) is 1. The van der Waals surface area contributed by atoms with Gasteiger partial charge in [-0.25, -0.2) is 9.78 Å². The lowest BCUT2D eigenvalue weighted by atomic mass is 10.3. The van der Waals surface area contributed by atoms with E-state index in [-0.39, 0.29) is 5.69 Å². The number of esters is 1. The molecule has 1 aromatic rings. The van der Waals surface area contributed by atoms with Crippen molar-refractivity contribution in [2.45, 2.75) is 26.3 Å². The maximum Gasteiger partial charge on any atom is 0.360 e. The van der Waals surface area contributed by atoms with Gasteiger partial charge in [-0.3, -0.25) is 0 Å². The van der Waals surface area contributed by atoms with Crippen LogP contribution < -0.4 is 5.73 Å². The average molecular weight is 254 g/mol. The Balaban J connectivity index is 2.66. The topological polar surface area (TPSA) is 73.4 Å². The number of hydrogen-bond donors (Lipinski definition) is 1. The summed E-state index contributed by atoms with van der Waals surface area (Å²) in [7, 11) is 5.42. The molecule has 0 aliphatic heterocycles. The Bertz CT molecular complexity index is 412. The predicted molar refractivity (Wildman–Crippen MR) is 70.5 cm³/mol. The van der Waals surface area contributed by atoms with E-state index in [1.54, 1.807) is 0 Å². The number of unbranched alkanes of at least 4 members (excludes halogenated alkanes) is 1. The third kappa shape index (κ3) is 3.46. The van der Waals surface area contributed by atoms with Crippen molar-refractivity contribution in [2.24, 2.45) is 0 Å². The molecule has 0 spiro atoms. The van der Waals surface area contributed by atoms with E-state index >= 15 is 0 Å². The zero-order chi connectivity index (χ0) is 13.7. The second-order valence-electron chi connectivity index (χ2n) is 4.55. The molecule has 0 unspecified atom stereocenters. The van der Waals surface area contributed by atoms with E-state index in [4.69, 9.17) is 5.73 Å². The second-order valence-corrected chi connectivity index (χ2v) is 4.55. The normalized spacial score (nSPS) is 10.9. The van der Waals surface area contributed by atoms with Crippen LogP contribution in [0.5, 0.6) is 0 Å². The van der Waals surface area contributed by atoms with Crippen LogP contribution in [0.3, 0.4) is 0 Å². The van der Waals surface area contributed by atoms with Crippen molar-refractivity contribution in [2.75, 3.05) is 33.5 Å². The zero-order valence-corrected chi connectivity index (χ0v) is 11.6. The monoisotopic (exact) mass is 254 g/mol. The lowest BCUT2D eigenvalue weighted by Gasteiger charge is -2.10. The summed E-state index contributed by atoms with van der Waals surface area (Å²) in [5.74, 6) is 0.657. The number of rotatable bonds is 6. The van der Waals surface area contributed by atoms with Gasteiger partial charge in [0.05, 0.1) is 7.11 Å². The number of aromatic nitrogens is 2. The van der Waals surface area contributed by atoms with Crippen molar-refractivity contribution < 1.29 is 9.53 Å². The Morgan fingerprint density at radius 3 is 2.67 bits per heavy atom. The molecule has 0 aliphatic carbocycles. The summed E-state index contributed by atoms with van der Waals surface area (Å²) in [4.78, 5) is 17.7. The van der Waals surface area contributed by atoms with Crippen LogP contribution in [-0.4, -0.2) is 48.2 Å². The summed E-state index contributed by atoms with van der Waals surface area (Å²) in [5.41, 5.74) is 6.12. The van der Waals surface area contributed by atoms with Crippen LogP contribution in [0.2, 0.25) is 0 Å². The van der Waals surface area contributed by atoms with Gasteiger partial charge in [0.2, 0.25) is 0 Å². The van der Waals surface area contributed by atoms with E-state index in [1.807, 2.05) is 25.6 Å². The van der Waals surface area contributed by atoms with E-state index in [0.717, 1.165) is 31.8 Å². The Morgan fingerprint density at radius 1 is 1.44 bits per heavy atom. The van der Waals surface area contributed by atoms with E-state index in [2.05, 4.69) is 14.6 Å². The molecular formula is C12H22N4O2. The first-order valence-electron chi connectivity index (χ1n) is 6.03. The fourth-order valence-corrected chi connectivity index (χ4v) is 1.81. The van der Waals surface area contributed by atoms with Gasteiger partial charge in [-0.15, -0.1) is 0 Å². The van der Waals surface area contributed by atoms with Gasteiger partial charge >= 0.3 is 5.97 Å². The molecule has 2 N–H and O–H groups in total. The number of methoxy groups -OCH3 is 1. The highest BCUT2D eigenvalue weighted by Crippen LogP contribution is 2.16. The molecule has 0 aromatic carbocycles. The standard InChI is InChI=1S/C12H22N4O2/c1-9-14-10(12(17)18-4)11(13)16(9)8-6-5-7-15(2)3/h5-8,13H2,1-4H3. The number of imidazole rings is 1. The molecule has 18 heavy (non-hydrogen) atoms. The predicted octanol–water partition coefficient (Wildman–Crippen LogP) is 0.902. The molecule has 0 atom stereocenters. The van der Waals surface area contributed by atoms with Crippen molar-refractivity contribution in [3.05, 3.63) is 11.5 Å². The van der Waals surface area contributed by atoms with Crippen LogP contribution in [0.4, 0.5) is 5.82 Å². The lowest BCUT2D eigenvalue weighted by molar-refractivity contribution is 0.0595. The molecule has 0 saturated heterocycles. The molecule has 102 valence electrons. The Hall–Kier alpha value is -1.56. The number of carbonyl (C=O) groups is 1. The molecule has 6 nitrogen and oxygen atoms in total. The van der Waals surface area contributed by atoms with Crippen molar-refractivity contribution in [1.82, 2.24) is 14.5 Å². The van der Waals surface area contributed by atoms with Gasteiger partial charge in [-0.2, -0.15) is 0 Å². The molecule has 0 amide bonds. The number of aryl methyl sites for hydroxylation is 1. The first-order valence-corrected chi connectivity index (χ1v) is 6.03. The van der Waals surface area contributed by atoms with Crippen LogP contribution >= 0.6 is 0 Å². The molecule has 1 aromatic heterocycles. The van der Waals surface area contributed by atoms with Gasteiger partial charge in [0.15, 0.2) is 5.69 Å². The molecule has 1 heterocycles. The van der Waals surface area contributed by atoms with Gasteiger partial charge in [0, 0.05) is 6.54 Å². The summed E-state index contributed by atoms with van der Waals surface area (Å²) >= 11 is 0. The molecule has 0 radical (unpaired) electrons. The fraction of sp³-hybridized carbons (Fsp3) is 0.667. The zero-order valence-electron chi connectivity index (χ0n) is 11.6. The fourth-order valence-electron chi connectivity index (χ4n) is 1.81. The summed E-state index contributed by atoms with van der Waals surface area (Å²) in [6.07, 6.45) is 2.08. The Labute approximate surface area is 108 Å². The summed E-state index contributed by atoms with van der Waals surface area (Å²) in [6.45, 7) is 3.65. The summed E-state index contributed by atoms with van der Waals surface area (Å²) < 4.78 is 6.50. The van der Waals surface area contributed by atoms with Gasteiger partial charge in [0.25, 0.3) is 0 Å². The van der Waals surface area contributed by atoms with Gasteiger partial charge in [-0.05, 0) is 40.4 Å². The number of nitrogen functional groups attached to an aromatic ring is 1. The Kier molecular flexibility index (Phi) is 5.15. The molecule has 0 fully saturated rings. The van der Waals surface area contributed by atoms with E-state index in [1.165, 1.54) is 7.11 Å². The average Bonchev–Trinajstić information content (AvgIpc) is 2.60. The quantitative estimate of drug-likeness (QED) is 0.603. The van der Waals surface area contributed by atoms with Gasteiger partial charge < -0.3 is 19.9 Å². The first-order chi connectivity index (χ1) is 8.47. The smallest absolute Gasteiger partial charge is 0.360 e. The SMILES string of the molecule is COC(=O)c1nc(C)n(CCCCN(C)C)c1N. The second kappa shape index (κ2) is 6.39. The molecule has 0 saturated carbocycles. The molecule has 1 rings (SSSR count). The van der Waals surface area contributed by atoms with Crippen LogP contribution in [0.1, 0.15) is 29.2 Å². The highest BCUT2D eigenvalue weighted by atomic mass is 16.5. The van der Waals surface area contributed by atoms with Crippen LogP contribution in [-0.2, 0) is 11.3 Å². The van der Waals surface area contributed by atoms with E-state index < -0.39 is 5.97 Å². The maximum atomic E-state index is 11.4. The Morgan fingerprint density at radius 2 is 2.11 bits per heavy atom. The highest BCUT2D eigenvalue weighted by molar-refractivity contribution is 5.92. The largest absolute Gasteiger partial charge is 0.464 e. The number of carbonyl (C=O) groups excluding carboxylic acids is 1. The van der Waals surface area contributed by atoms with Crippen LogP contribution in [0.15, 0.2) is 0 Å². The molecular weight excluding hydrogens is 232 g/mol. The lowest BCUT2D eigenvalue weighted by Crippen LogP contribution is -2.14. The van der Waals surface area contributed by atoms with Gasteiger partial charge in [0.1, 0.15) is 11.6 Å². The summed E-state index contributed by atoms with van der Waals surface area (Å²) in [5, 5.41) is 0. The van der Waals surface area contributed by atoms with Crippen molar-refractivity contribution in [1.29, 1.82) is 0 Å². The van der Waals surface area contributed by atoms with E-state index in [0.29, 0.717) is 5.82 Å². The maximum absolute atomic E-state index is 11.4. The number of anilines is 1. The summed E-state index contributed by atoms with van der Waals surface area (Å²) in [6, 6.07) is 0. The van der Waals surface area contributed by atoms with Crippen molar-refractivity contribution >= 4 is 11.8 Å². The third-order valence-corrected chi connectivity index (χ3v) is 2.81. The minimum atomic E-state index is -0.484. The minimum Gasteiger partial charge on any atom is -0.464 e. The molecule has 0 aliphatic rings. The minimum absolute atomic E-state index is 0.211. The number of nitrogens with two attached hydrogens (primary N) is 1. The van der Waals surface area contributed by atoms with Crippen LogP contribution in [0.25, 0.3) is 0 Å². The first kappa shape index (κ1) is 14.5. The van der Waals surface area contributed by atoms with Gasteiger partial charge in [-0.1, -0.05) is 0 Å². The van der Waals surface area contributed by atoms with Crippen LogP contribution in [0, 0.1) is 6.92 Å². The number of nitrogens with zero attached hydrogens (tertiary/aromatic N) is 3. The van der Waals surface area contributed by atoms with Crippen molar-refractivity contribution in [3.8, 4) is 0 Å². The molecule has 0 bridgehead atoms.